The largest absolute Gasteiger partial charge is 0.382 e. The Bertz CT molecular complexity index is 314. The quantitative estimate of drug-likeness (QED) is 0.766. The van der Waals surface area contributed by atoms with E-state index in [4.69, 9.17) is 5.73 Å². The van der Waals surface area contributed by atoms with Crippen LogP contribution in [0.4, 0.5) is 11.6 Å². The first-order chi connectivity index (χ1) is 6.74. The van der Waals surface area contributed by atoms with Crippen molar-refractivity contribution in [3.8, 4) is 0 Å². The van der Waals surface area contributed by atoms with E-state index in [0.29, 0.717) is 5.82 Å². The second kappa shape index (κ2) is 3.44. The van der Waals surface area contributed by atoms with Gasteiger partial charge in [-0.2, -0.15) is 0 Å². The number of hydrogen-bond acceptors (Lipinski definition) is 4. The molecule has 1 aliphatic rings. The first-order valence-corrected chi connectivity index (χ1v) is 5.10. The molecule has 0 unspecified atom stereocenters. The van der Waals surface area contributed by atoms with Gasteiger partial charge in [0.05, 0.1) is 12.4 Å². The van der Waals surface area contributed by atoms with Gasteiger partial charge in [0.15, 0.2) is 0 Å². The summed E-state index contributed by atoms with van der Waals surface area (Å²) in [5, 5.41) is 3.43. The molecule has 1 saturated carbocycles. The molecule has 1 aromatic heterocycles. The lowest BCUT2D eigenvalue weighted by Crippen LogP contribution is -2.44. The van der Waals surface area contributed by atoms with Crippen molar-refractivity contribution in [2.24, 2.45) is 0 Å². The van der Waals surface area contributed by atoms with Crippen LogP contribution in [-0.4, -0.2) is 15.5 Å². The highest BCUT2D eigenvalue weighted by atomic mass is 15.1. The Labute approximate surface area is 83.9 Å². The summed E-state index contributed by atoms with van der Waals surface area (Å²) in [7, 11) is 0. The van der Waals surface area contributed by atoms with Crippen LogP contribution in [0.2, 0.25) is 0 Å². The third kappa shape index (κ3) is 1.64. The number of anilines is 2. The Morgan fingerprint density at radius 3 is 2.79 bits per heavy atom. The van der Waals surface area contributed by atoms with Gasteiger partial charge in [-0.05, 0) is 25.7 Å². The second-order valence-corrected chi connectivity index (χ2v) is 3.94. The van der Waals surface area contributed by atoms with Crippen LogP contribution >= 0.6 is 0 Å². The molecule has 4 heteroatoms. The van der Waals surface area contributed by atoms with E-state index in [1.54, 1.807) is 12.4 Å². The molecule has 0 radical (unpaired) electrons. The van der Waals surface area contributed by atoms with Crippen molar-refractivity contribution in [3.63, 3.8) is 0 Å². The lowest BCUT2D eigenvalue weighted by atomic mass is 9.75. The van der Waals surface area contributed by atoms with E-state index in [-0.39, 0.29) is 5.54 Å². The van der Waals surface area contributed by atoms with Crippen molar-refractivity contribution < 1.29 is 0 Å². The van der Waals surface area contributed by atoms with Crippen LogP contribution in [0.1, 0.15) is 32.6 Å². The number of hydrogen-bond donors (Lipinski definition) is 2. The fourth-order valence-electron chi connectivity index (χ4n) is 1.88. The number of nitrogens with zero attached hydrogens (tertiary/aromatic N) is 2. The molecular formula is C10H16N4. The molecule has 1 aromatic rings. The summed E-state index contributed by atoms with van der Waals surface area (Å²) in [5.41, 5.74) is 5.82. The summed E-state index contributed by atoms with van der Waals surface area (Å²) in [6.45, 7) is 2.20. The van der Waals surface area contributed by atoms with Crippen LogP contribution < -0.4 is 11.1 Å². The SMILES string of the molecule is CCC1(Nc2cncc(N)n2)CCC1. The van der Waals surface area contributed by atoms with Crippen molar-refractivity contribution in [2.75, 3.05) is 11.1 Å². The molecule has 0 aromatic carbocycles. The Morgan fingerprint density at radius 1 is 1.50 bits per heavy atom. The maximum Gasteiger partial charge on any atom is 0.147 e. The van der Waals surface area contributed by atoms with Gasteiger partial charge in [0.25, 0.3) is 0 Å². The molecule has 3 N–H and O–H groups in total. The van der Waals surface area contributed by atoms with Gasteiger partial charge in [-0.25, -0.2) is 4.98 Å². The molecule has 0 saturated heterocycles. The summed E-state index contributed by atoms with van der Waals surface area (Å²) in [6, 6.07) is 0. The number of nitrogen functional groups attached to an aromatic ring is 1. The summed E-state index contributed by atoms with van der Waals surface area (Å²) in [4.78, 5) is 8.20. The topological polar surface area (TPSA) is 63.8 Å². The van der Waals surface area contributed by atoms with Crippen molar-refractivity contribution in [1.29, 1.82) is 0 Å². The molecule has 76 valence electrons. The number of nitrogens with one attached hydrogen (secondary N) is 1. The zero-order chi connectivity index (χ0) is 10.0. The molecule has 4 nitrogen and oxygen atoms in total. The second-order valence-electron chi connectivity index (χ2n) is 3.94. The average Bonchev–Trinajstić information content (AvgIpc) is 2.11. The average molecular weight is 192 g/mol. The number of rotatable bonds is 3. The molecule has 1 aliphatic carbocycles. The standard InChI is InChI=1S/C10H16N4/c1-2-10(4-3-5-10)14-9-7-12-6-8(11)13-9/h6-7H,2-5H2,1H3,(H3,11,13,14). The molecule has 0 aliphatic heterocycles. The Hall–Kier alpha value is -1.32. The van der Waals surface area contributed by atoms with Gasteiger partial charge in [0.1, 0.15) is 11.6 Å². The Morgan fingerprint density at radius 2 is 2.29 bits per heavy atom. The van der Waals surface area contributed by atoms with Crippen LogP contribution in [0.5, 0.6) is 0 Å². The highest BCUT2D eigenvalue weighted by Gasteiger charge is 2.35. The number of nitrogens with two attached hydrogens (primary N) is 1. The highest BCUT2D eigenvalue weighted by molar-refractivity contribution is 5.41. The Kier molecular flexibility index (Phi) is 2.27. The predicted octanol–water partition coefficient (Wildman–Crippen LogP) is 1.80. The van der Waals surface area contributed by atoms with Gasteiger partial charge in [0, 0.05) is 5.54 Å². The van der Waals surface area contributed by atoms with Crippen molar-refractivity contribution in [3.05, 3.63) is 12.4 Å². The summed E-state index contributed by atoms with van der Waals surface area (Å²) >= 11 is 0. The van der Waals surface area contributed by atoms with E-state index in [1.807, 2.05) is 0 Å². The van der Waals surface area contributed by atoms with Crippen molar-refractivity contribution in [2.45, 2.75) is 38.1 Å². The molecule has 1 fully saturated rings. The third-order valence-electron chi connectivity index (χ3n) is 3.03. The lowest BCUT2D eigenvalue weighted by Gasteiger charge is -2.42. The van der Waals surface area contributed by atoms with Crippen LogP contribution in [-0.2, 0) is 0 Å². The van der Waals surface area contributed by atoms with Crippen molar-refractivity contribution in [1.82, 2.24) is 9.97 Å². The molecule has 0 atom stereocenters. The van der Waals surface area contributed by atoms with Gasteiger partial charge in [-0.3, -0.25) is 4.98 Å². The maximum atomic E-state index is 5.56. The van der Waals surface area contributed by atoms with E-state index < -0.39 is 0 Å². The van der Waals surface area contributed by atoms with Crippen LogP contribution in [0, 0.1) is 0 Å². The van der Waals surface area contributed by atoms with Gasteiger partial charge in [-0.15, -0.1) is 0 Å². The third-order valence-corrected chi connectivity index (χ3v) is 3.03. The van der Waals surface area contributed by atoms with Gasteiger partial charge < -0.3 is 11.1 Å². The summed E-state index contributed by atoms with van der Waals surface area (Å²) in [6.07, 6.45) is 8.16. The highest BCUT2D eigenvalue weighted by Crippen LogP contribution is 2.37. The predicted molar refractivity (Wildman–Crippen MR) is 56.9 cm³/mol. The molecule has 0 amide bonds. The molecule has 0 spiro atoms. The normalized spacial score (nSPS) is 18.6. The zero-order valence-corrected chi connectivity index (χ0v) is 8.45. The molecular weight excluding hydrogens is 176 g/mol. The first-order valence-electron chi connectivity index (χ1n) is 5.10. The molecule has 1 heterocycles. The monoisotopic (exact) mass is 192 g/mol. The fraction of sp³-hybridized carbons (Fsp3) is 0.600. The van der Waals surface area contributed by atoms with E-state index >= 15 is 0 Å². The molecule has 2 rings (SSSR count). The zero-order valence-electron chi connectivity index (χ0n) is 8.45. The first kappa shape index (κ1) is 9.24. The summed E-state index contributed by atoms with van der Waals surface area (Å²) in [5.74, 6) is 1.27. The van der Waals surface area contributed by atoms with Crippen LogP contribution in [0.15, 0.2) is 12.4 Å². The van der Waals surface area contributed by atoms with Gasteiger partial charge >= 0.3 is 0 Å². The minimum Gasteiger partial charge on any atom is -0.382 e. The smallest absolute Gasteiger partial charge is 0.147 e. The van der Waals surface area contributed by atoms with Crippen LogP contribution in [0.3, 0.4) is 0 Å². The Balaban J connectivity index is 2.09. The fourth-order valence-corrected chi connectivity index (χ4v) is 1.88. The lowest BCUT2D eigenvalue weighted by molar-refractivity contribution is 0.269. The van der Waals surface area contributed by atoms with Gasteiger partial charge in [0.2, 0.25) is 0 Å². The van der Waals surface area contributed by atoms with E-state index in [2.05, 4.69) is 22.2 Å². The number of aromatic nitrogens is 2. The van der Waals surface area contributed by atoms with E-state index in [1.165, 1.54) is 19.3 Å². The summed E-state index contributed by atoms with van der Waals surface area (Å²) < 4.78 is 0. The maximum absolute atomic E-state index is 5.56. The van der Waals surface area contributed by atoms with Crippen molar-refractivity contribution >= 4 is 11.6 Å². The van der Waals surface area contributed by atoms with E-state index in [9.17, 15) is 0 Å². The minimum atomic E-state index is 0.252. The minimum absolute atomic E-state index is 0.252. The van der Waals surface area contributed by atoms with Crippen LogP contribution in [0.25, 0.3) is 0 Å². The van der Waals surface area contributed by atoms with E-state index in [0.717, 1.165) is 12.2 Å². The molecule has 0 bridgehead atoms. The molecule has 14 heavy (non-hydrogen) atoms. The van der Waals surface area contributed by atoms with Gasteiger partial charge in [-0.1, -0.05) is 6.92 Å².